The Kier molecular flexibility index (Phi) is 7.44. The second-order valence-corrected chi connectivity index (χ2v) is 6.68. The van der Waals surface area contributed by atoms with Gasteiger partial charge in [-0.3, -0.25) is 9.59 Å². The minimum Gasteiger partial charge on any atom is -0.388 e. The first kappa shape index (κ1) is 18.7. The first-order chi connectivity index (χ1) is 11.6. The number of rotatable bonds is 9. The van der Waals surface area contributed by atoms with Crippen LogP contribution in [0.15, 0.2) is 18.2 Å². The number of benzene rings is 1. The number of Topliss-reactive ketones (excluding diaryl/α,β-unsaturated/α-hetero) is 1. The number of ketones is 1. The van der Waals surface area contributed by atoms with Crippen LogP contribution in [-0.4, -0.2) is 16.8 Å². The van der Waals surface area contributed by atoms with E-state index in [0.717, 1.165) is 61.8 Å². The topological polar surface area (TPSA) is 66.4 Å². The predicted molar refractivity (Wildman–Crippen MR) is 96.0 cm³/mol. The zero-order valence-electron chi connectivity index (χ0n) is 14.6. The third kappa shape index (κ3) is 5.75. The Morgan fingerprint density at radius 3 is 2.67 bits per heavy atom. The fourth-order valence-electron chi connectivity index (χ4n) is 3.23. The molecule has 1 aromatic rings. The van der Waals surface area contributed by atoms with Crippen LogP contribution in [0.5, 0.6) is 0 Å². The van der Waals surface area contributed by atoms with Crippen molar-refractivity contribution in [3.63, 3.8) is 0 Å². The summed E-state index contributed by atoms with van der Waals surface area (Å²) in [5.41, 5.74) is 2.97. The summed E-state index contributed by atoms with van der Waals surface area (Å²) < 4.78 is 0. The van der Waals surface area contributed by atoms with Gasteiger partial charge in [0.15, 0.2) is 0 Å². The van der Waals surface area contributed by atoms with Gasteiger partial charge in [0, 0.05) is 24.9 Å². The van der Waals surface area contributed by atoms with Crippen molar-refractivity contribution < 1.29 is 14.7 Å². The number of anilines is 1. The van der Waals surface area contributed by atoms with Crippen LogP contribution in [0.1, 0.15) is 81.9 Å². The molecule has 0 aromatic heterocycles. The van der Waals surface area contributed by atoms with Crippen molar-refractivity contribution >= 4 is 17.4 Å². The highest BCUT2D eigenvalue weighted by molar-refractivity contribution is 5.90. The summed E-state index contributed by atoms with van der Waals surface area (Å²) in [6, 6.07) is 5.80. The van der Waals surface area contributed by atoms with Gasteiger partial charge < -0.3 is 10.4 Å². The fourth-order valence-corrected chi connectivity index (χ4v) is 3.23. The number of nitrogens with one attached hydrogen (secondary N) is 1. The lowest BCUT2D eigenvalue weighted by atomic mass is 9.89. The summed E-state index contributed by atoms with van der Waals surface area (Å²) in [6.45, 7) is 1.90. The van der Waals surface area contributed by atoms with Crippen LogP contribution in [0, 0.1) is 0 Å². The van der Waals surface area contributed by atoms with E-state index < -0.39 is 0 Å². The van der Waals surface area contributed by atoms with Gasteiger partial charge in [0.1, 0.15) is 5.78 Å². The average molecular weight is 331 g/mol. The van der Waals surface area contributed by atoms with Gasteiger partial charge >= 0.3 is 0 Å². The summed E-state index contributed by atoms with van der Waals surface area (Å²) in [7, 11) is 0. The molecule has 0 saturated heterocycles. The van der Waals surface area contributed by atoms with E-state index in [0.29, 0.717) is 25.0 Å². The lowest BCUT2D eigenvalue weighted by Gasteiger charge is -2.22. The summed E-state index contributed by atoms with van der Waals surface area (Å²) in [5, 5.41) is 12.9. The highest BCUT2D eigenvalue weighted by Crippen LogP contribution is 2.31. The normalized spacial score (nSPS) is 16.5. The molecule has 0 bridgehead atoms. The number of aryl methyl sites for hydroxylation is 1. The molecule has 1 atom stereocenters. The van der Waals surface area contributed by atoms with E-state index in [-0.39, 0.29) is 12.0 Å². The Labute approximate surface area is 144 Å². The van der Waals surface area contributed by atoms with Crippen molar-refractivity contribution in [2.75, 3.05) is 5.32 Å². The molecule has 0 heterocycles. The minimum atomic E-state index is -0.363. The Morgan fingerprint density at radius 1 is 1.17 bits per heavy atom. The van der Waals surface area contributed by atoms with Crippen LogP contribution in [0.3, 0.4) is 0 Å². The highest BCUT2D eigenvalue weighted by atomic mass is 16.3. The largest absolute Gasteiger partial charge is 0.388 e. The van der Waals surface area contributed by atoms with Crippen LogP contribution >= 0.6 is 0 Å². The molecule has 2 N–H and O–H groups in total. The minimum absolute atomic E-state index is 0.0379. The van der Waals surface area contributed by atoms with Crippen molar-refractivity contribution in [2.45, 2.75) is 77.2 Å². The van der Waals surface area contributed by atoms with Gasteiger partial charge in [-0.05, 0) is 55.4 Å². The van der Waals surface area contributed by atoms with Crippen LogP contribution in [-0.2, 0) is 16.0 Å². The van der Waals surface area contributed by atoms with Gasteiger partial charge in [-0.15, -0.1) is 0 Å². The van der Waals surface area contributed by atoms with E-state index in [1.165, 1.54) is 0 Å². The van der Waals surface area contributed by atoms with Crippen molar-refractivity contribution in [3.8, 4) is 0 Å². The molecule has 24 heavy (non-hydrogen) atoms. The van der Waals surface area contributed by atoms with Crippen LogP contribution < -0.4 is 5.32 Å². The molecule has 4 nitrogen and oxygen atoms in total. The summed E-state index contributed by atoms with van der Waals surface area (Å²) >= 11 is 0. The van der Waals surface area contributed by atoms with E-state index in [2.05, 4.69) is 5.32 Å². The molecule has 0 radical (unpaired) electrons. The Bertz CT molecular complexity index is 568. The van der Waals surface area contributed by atoms with Crippen molar-refractivity contribution in [1.82, 2.24) is 0 Å². The Hall–Kier alpha value is -1.68. The monoisotopic (exact) mass is 331 g/mol. The van der Waals surface area contributed by atoms with Gasteiger partial charge in [0.05, 0.1) is 6.10 Å². The van der Waals surface area contributed by atoms with Gasteiger partial charge in [0.25, 0.3) is 0 Å². The van der Waals surface area contributed by atoms with Gasteiger partial charge in [-0.25, -0.2) is 0 Å². The molecular formula is C20H29NO3. The van der Waals surface area contributed by atoms with Crippen molar-refractivity contribution in [3.05, 3.63) is 29.3 Å². The number of hydrogen-bond donors (Lipinski definition) is 2. The number of aliphatic hydroxyl groups is 1. The maximum absolute atomic E-state index is 12.0. The number of carbonyl (C=O) groups excluding carboxylic acids is 2. The molecule has 1 aromatic carbocycles. The van der Waals surface area contributed by atoms with Crippen LogP contribution in [0.4, 0.5) is 5.69 Å². The predicted octanol–water partition coefficient (Wildman–Crippen LogP) is 4.31. The van der Waals surface area contributed by atoms with Crippen LogP contribution in [0.25, 0.3) is 0 Å². The number of unbranched alkanes of at least 4 members (excludes halogenated alkanes) is 3. The fraction of sp³-hybridized carbons (Fsp3) is 0.600. The maximum Gasteiger partial charge on any atom is 0.224 e. The quantitative estimate of drug-likeness (QED) is 0.662. The standard InChI is InChI=1S/C20H29NO3/c1-2-17(22)9-5-3-4-6-11-20(24)21-16-12-13-18-15(14-16)8-7-10-19(18)23/h12-14,19,23H,2-11H2,1H3,(H,21,24). The molecule has 1 aliphatic carbocycles. The summed E-state index contributed by atoms with van der Waals surface area (Å²) in [4.78, 5) is 23.2. The second-order valence-electron chi connectivity index (χ2n) is 6.68. The van der Waals surface area contributed by atoms with Gasteiger partial charge in [-0.2, -0.15) is 0 Å². The smallest absolute Gasteiger partial charge is 0.224 e. The molecule has 132 valence electrons. The number of amides is 1. The Morgan fingerprint density at radius 2 is 1.92 bits per heavy atom. The molecule has 0 spiro atoms. The molecule has 1 unspecified atom stereocenters. The third-order valence-corrected chi connectivity index (χ3v) is 4.71. The van der Waals surface area contributed by atoms with E-state index in [4.69, 9.17) is 0 Å². The third-order valence-electron chi connectivity index (χ3n) is 4.71. The first-order valence-corrected chi connectivity index (χ1v) is 9.22. The van der Waals surface area contributed by atoms with Gasteiger partial charge in [0.2, 0.25) is 5.91 Å². The SMILES string of the molecule is CCC(=O)CCCCCCC(=O)Nc1ccc2c(c1)CCCC2O. The first-order valence-electron chi connectivity index (χ1n) is 9.22. The average Bonchev–Trinajstić information content (AvgIpc) is 2.57. The molecule has 0 aliphatic heterocycles. The summed E-state index contributed by atoms with van der Waals surface area (Å²) in [5.74, 6) is 0.362. The molecule has 1 amide bonds. The van der Waals surface area contributed by atoms with Crippen molar-refractivity contribution in [1.29, 1.82) is 0 Å². The van der Waals surface area contributed by atoms with Crippen LogP contribution in [0.2, 0.25) is 0 Å². The Balaban J connectivity index is 1.68. The lowest BCUT2D eigenvalue weighted by Crippen LogP contribution is -2.13. The van der Waals surface area contributed by atoms with E-state index >= 15 is 0 Å². The molecular weight excluding hydrogens is 302 g/mol. The number of aliphatic hydroxyl groups excluding tert-OH is 1. The number of carbonyl (C=O) groups is 2. The van der Waals surface area contributed by atoms with Gasteiger partial charge in [-0.1, -0.05) is 25.8 Å². The van der Waals surface area contributed by atoms with E-state index in [1.807, 2.05) is 25.1 Å². The molecule has 0 saturated carbocycles. The maximum atomic E-state index is 12.0. The van der Waals surface area contributed by atoms with E-state index in [9.17, 15) is 14.7 Å². The number of hydrogen-bond acceptors (Lipinski definition) is 3. The second kappa shape index (κ2) is 9.58. The molecule has 1 aliphatic rings. The highest BCUT2D eigenvalue weighted by Gasteiger charge is 2.18. The zero-order chi connectivity index (χ0) is 17.4. The lowest BCUT2D eigenvalue weighted by molar-refractivity contribution is -0.119. The van der Waals surface area contributed by atoms with E-state index in [1.54, 1.807) is 0 Å². The summed E-state index contributed by atoms with van der Waals surface area (Å²) in [6.07, 6.45) is 8.01. The molecule has 2 rings (SSSR count). The number of fused-ring (bicyclic) bond motifs is 1. The zero-order valence-corrected chi connectivity index (χ0v) is 14.6. The molecule has 4 heteroatoms. The molecule has 0 fully saturated rings. The van der Waals surface area contributed by atoms with Crippen molar-refractivity contribution in [2.24, 2.45) is 0 Å².